The maximum Gasteiger partial charge on any atom is 0.417 e. The first-order chi connectivity index (χ1) is 15.2. The highest BCUT2D eigenvalue weighted by atomic mass is 19.4. The van der Waals surface area contributed by atoms with E-state index in [9.17, 15) is 18.0 Å². The number of halogens is 3. The number of nitrogens with one attached hydrogen (secondary N) is 2. The van der Waals surface area contributed by atoms with Gasteiger partial charge in [0.1, 0.15) is 5.82 Å². The van der Waals surface area contributed by atoms with Gasteiger partial charge in [0.05, 0.1) is 11.3 Å². The fraction of sp³-hybridized carbons (Fsp3) is 0.375. The normalized spacial score (nSPS) is 14.2. The zero-order valence-corrected chi connectivity index (χ0v) is 18.0. The van der Waals surface area contributed by atoms with Crippen molar-refractivity contribution in [2.75, 3.05) is 6.54 Å². The predicted molar refractivity (Wildman–Crippen MR) is 117 cm³/mol. The minimum absolute atomic E-state index is 0.114. The number of aromatic nitrogens is 3. The summed E-state index contributed by atoms with van der Waals surface area (Å²) in [6, 6.07) is 8.90. The molecule has 32 heavy (non-hydrogen) atoms. The number of benzene rings is 1. The predicted octanol–water partition coefficient (Wildman–Crippen LogP) is 5.14. The molecule has 0 amide bonds. The molecule has 0 radical (unpaired) electrons. The largest absolute Gasteiger partial charge is 0.417 e. The van der Waals surface area contributed by atoms with Gasteiger partial charge in [-0.1, -0.05) is 19.9 Å². The fourth-order valence-corrected chi connectivity index (χ4v) is 3.56. The molecule has 3 aromatic rings. The van der Waals surface area contributed by atoms with Crippen LogP contribution in [0.3, 0.4) is 0 Å². The van der Waals surface area contributed by atoms with Gasteiger partial charge in [-0.15, -0.1) is 0 Å². The van der Waals surface area contributed by atoms with Crippen molar-refractivity contribution in [3.63, 3.8) is 0 Å². The number of hydrogen-bond donors (Lipinski definition) is 2. The Morgan fingerprint density at radius 3 is 2.56 bits per heavy atom. The van der Waals surface area contributed by atoms with E-state index >= 15 is 0 Å². The molecule has 0 atom stereocenters. The molecule has 0 spiro atoms. The topological polar surface area (TPSA) is 70.7 Å². The molecule has 0 aliphatic heterocycles. The average Bonchev–Trinajstić information content (AvgIpc) is 3.58. The van der Waals surface area contributed by atoms with Crippen molar-refractivity contribution in [2.24, 2.45) is 5.92 Å². The highest BCUT2D eigenvalue weighted by Crippen LogP contribution is 2.39. The fourth-order valence-electron chi connectivity index (χ4n) is 3.56. The molecular formula is C24H25F3N4O. The minimum atomic E-state index is -4.58. The number of aromatic amines is 1. The third-order valence-corrected chi connectivity index (χ3v) is 5.35. The summed E-state index contributed by atoms with van der Waals surface area (Å²) >= 11 is 0. The highest BCUT2D eigenvalue weighted by molar-refractivity contribution is 5.66. The maximum absolute atomic E-state index is 13.7. The quantitative estimate of drug-likeness (QED) is 0.532. The van der Waals surface area contributed by atoms with Crippen LogP contribution in [0.4, 0.5) is 13.2 Å². The Bertz CT molecular complexity index is 1150. The Kier molecular flexibility index (Phi) is 6.15. The van der Waals surface area contributed by atoms with E-state index in [0.717, 1.165) is 31.1 Å². The number of alkyl halides is 3. The van der Waals surface area contributed by atoms with Crippen molar-refractivity contribution >= 4 is 0 Å². The van der Waals surface area contributed by atoms with E-state index < -0.39 is 17.3 Å². The van der Waals surface area contributed by atoms with Crippen molar-refractivity contribution in [1.82, 2.24) is 20.3 Å². The molecule has 8 heteroatoms. The molecule has 2 heterocycles. The Hall–Kier alpha value is -3.00. The summed E-state index contributed by atoms with van der Waals surface area (Å²) < 4.78 is 41.2. The number of H-pyrrole nitrogens is 1. The Labute approximate surface area is 184 Å². The van der Waals surface area contributed by atoms with Gasteiger partial charge in [-0.25, -0.2) is 4.98 Å². The summed E-state index contributed by atoms with van der Waals surface area (Å²) in [6.45, 7) is 5.26. The Morgan fingerprint density at radius 1 is 1.16 bits per heavy atom. The smallest absolute Gasteiger partial charge is 0.312 e. The van der Waals surface area contributed by atoms with Gasteiger partial charge in [0.25, 0.3) is 5.56 Å². The highest BCUT2D eigenvalue weighted by Gasteiger charge is 2.34. The van der Waals surface area contributed by atoms with E-state index in [1.54, 1.807) is 6.20 Å². The van der Waals surface area contributed by atoms with Gasteiger partial charge >= 0.3 is 6.18 Å². The molecule has 4 rings (SSSR count). The molecule has 168 valence electrons. The SMILES string of the molecule is CC(C)CNCc1ccc(C(F)(F)F)c(-c2nc(-c3ccc(C4CC4)nc3)cc(=O)[nH]2)c1. The lowest BCUT2D eigenvalue weighted by Gasteiger charge is -2.15. The molecule has 0 bridgehead atoms. The second kappa shape index (κ2) is 8.86. The molecule has 1 aliphatic carbocycles. The number of rotatable bonds is 7. The van der Waals surface area contributed by atoms with Gasteiger partial charge in [0.15, 0.2) is 0 Å². The minimum Gasteiger partial charge on any atom is -0.312 e. The molecule has 5 nitrogen and oxygen atoms in total. The number of nitrogens with zero attached hydrogens (tertiary/aromatic N) is 2. The summed E-state index contributed by atoms with van der Waals surface area (Å²) in [4.78, 5) is 23.6. The number of pyridine rings is 1. The zero-order chi connectivity index (χ0) is 22.9. The van der Waals surface area contributed by atoms with Crippen LogP contribution in [0.15, 0.2) is 47.4 Å². The van der Waals surface area contributed by atoms with Crippen LogP contribution in [0.25, 0.3) is 22.6 Å². The molecule has 2 aromatic heterocycles. The van der Waals surface area contributed by atoms with Crippen molar-refractivity contribution < 1.29 is 13.2 Å². The molecule has 0 saturated heterocycles. The summed E-state index contributed by atoms with van der Waals surface area (Å²) in [5.74, 6) is 0.781. The third-order valence-electron chi connectivity index (χ3n) is 5.35. The molecule has 1 aromatic carbocycles. The van der Waals surface area contributed by atoms with E-state index in [1.165, 1.54) is 18.2 Å². The Balaban J connectivity index is 1.73. The van der Waals surface area contributed by atoms with E-state index in [0.29, 0.717) is 29.5 Å². The van der Waals surface area contributed by atoms with E-state index in [2.05, 4.69) is 34.1 Å². The second-order valence-electron chi connectivity index (χ2n) is 8.63. The van der Waals surface area contributed by atoms with Crippen LogP contribution < -0.4 is 10.9 Å². The molecule has 1 saturated carbocycles. The van der Waals surface area contributed by atoms with Crippen LogP contribution in [0.1, 0.15) is 49.4 Å². The standard InChI is InChI=1S/C24H25F3N4O/c1-14(2)11-28-12-15-3-7-19(24(25,26)27)18(9-15)23-30-21(10-22(32)31-23)17-6-8-20(29-13-17)16-4-5-16/h3,6-10,13-14,16,28H,4-5,11-12H2,1-2H3,(H,30,31,32). The molecule has 1 aliphatic rings. The van der Waals surface area contributed by atoms with Crippen molar-refractivity contribution in [2.45, 2.75) is 45.3 Å². The zero-order valence-electron chi connectivity index (χ0n) is 18.0. The second-order valence-corrected chi connectivity index (χ2v) is 8.63. The first-order valence-electron chi connectivity index (χ1n) is 10.7. The Morgan fingerprint density at radius 2 is 1.94 bits per heavy atom. The molecule has 2 N–H and O–H groups in total. The van der Waals surface area contributed by atoms with Crippen molar-refractivity contribution in [3.8, 4) is 22.6 Å². The van der Waals surface area contributed by atoms with Gasteiger partial charge in [-0.05, 0) is 55.1 Å². The van der Waals surface area contributed by atoms with Crippen LogP contribution >= 0.6 is 0 Å². The lowest BCUT2D eigenvalue weighted by atomic mass is 10.0. The maximum atomic E-state index is 13.7. The van der Waals surface area contributed by atoms with Gasteiger partial charge in [-0.3, -0.25) is 9.78 Å². The van der Waals surface area contributed by atoms with Crippen LogP contribution in [0.5, 0.6) is 0 Å². The van der Waals surface area contributed by atoms with Gasteiger partial charge in [0, 0.05) is 41.5 Å². The molecular weight excluding hydrogens is 417 g/mol. The van der Waals surface area contributed by atoms with E-state index in [1.807, 2.05) is 12.1 Å². The van der Waals surface area contributed by atoms with Gasteiger partial charge < -0.3 is 10.3 Å². The van der Waals surface area contributed by atoms with Crippen LogP contribution in [0.2, 0.25) is 0 Å². The van der Waals surface area contributed by atoms with Crippen LogP contribution in [0, 0.1) is 5.92 Å². The van der Waals surface area contributed by atoms with E-state index in [4.69, 9.17) is 0 Å². The van der Waals surface area contributed by atoms with Crippen molar-refractivity contribution in [1.29, 1.82) is 0 Å². The first kappa shape index (κ1) is 22.2. The average molecular weight is 442 g/mol. The van der Waals surface area contributed by atoms with Crippen LogP contribution in [-0.4, -0.2) is 21.5 Å². The van der Waals surface area contributed by atoms with Gasteiger partial charge in [-0.2, -0.15) is 13.2 Å². The summed E-state index contributed by atoms with van der Waals surface area (Å²) in [5.41, 5.74) is 1.03. The lowest BCUT2D eigenvalue weighted by Crippen LogP contribution is -2.19. The number of hydrogen-bond acceptors (Lipinski definition) is 4. The third kappa shape index (κ3) is 5.24. The van der Waals surface area contributed by atoms with Gasteiger partial charge in [0.2, 0.25) is 0 Å². The summed E-state index contributed by atoms with van der Waals surface area (Å²) in [7, 11) is 0. The van der Waals surface area contributed by atoms with E-state index in [-0.39, 0.29) is 17.1 Å². The first-order valence-corrected chi connectivity index (χ1v) is 10.7. The van der Waals surface area contributed by atoms with Crippen LogP contribution in [-0.2, 0) is 12.7 Å². The monoisotopic (exact) mass is 442 g/mol. The van der Waals surface area contributed by atoms with Crippen molar-refractivity contribution in [3.05, 3.63) is 69.8 Å². The molecule has 1 fully saturated rings. The molecule has 0 unspecified atom stereocenters. The lowest BCUT2D eigenvalue weighted by molar-refractivity contribution is -0.137. The summed E-state index contributed by atoms with van der Waals surface area (Å²) in [6.07, 6.45) is -0.734. The summed E-state index contributed by atoms with van der Waals surface area (Å²) in [5, 5.41) is 3.22.